The van der Waals surface area contributed by atoms with Crippen LogP contribution in [0.3, 0.4) is 0 Å². The van der Waals surface area contributed by atoms with Crippen LogP contribution >= 0.6 is 0 Å². The van der Waals surface area contributed by atoms with Gasteiger partial charge in [-0.1, -0.05) is 0 Å². The highest BCUT2D eigenvalue weighted by Crippen LogP contribution is 2.52. The number of ketones is 2. The minimum atomic E-state index is -1.98. The molecule has 338 valence electrons. The van der Waals surface area contributed by atoms with Gasteiger partial charge < -0.3 is 55.5 Å². The Bertz CT molecular complexity index is 1420. The summed E-state index contributed by atoms with van der Waals surface area (Å²) in [6.45, 7) is 1.39. The number of methoxy groups -OCH3 is 1. The molecule has 19 unspecified atom stereocenters. The summed E-state index contributed by atoms with van der Waals surface area (Å²) in [4.78, 5) is 32.6. The molecule has 0 amide bonds. The normalized spacial score (nSPS) is 45.1. The molecule has 18 nitrogen and oxygen atoms in total. The van der Waals surface area contributed by atoms with Crippen LogP contribution in [0.2, 0.25) is 0 Å². The van der Waals surface area contributed by atoms with E-state index in [2.05, 4.69) is 20.9 Å². The average Bonchev–Trinajstić information content (AvgIpc) is 3.23. The second-order valence-electron chi connectivity index (χ2n) is 18.8. The molecule has 3 saturated heterocycles. The quantitative estimate of drug-likeness (QED) is 0.0539. The van der Waals surface area contributed by atoms with Crippen molar-refractivity contribution in [2.24, 2.45) is 70.5 Å². The summed E-state index contributed by atoms with van der Waals surface area (Å²) < 4.78 is 18.2. The molecule has 0 radical (unpaired) electrons. The predicted octanol–water partition coefficient (Wildman–Crippen LogP) is -6.35. The largest absolute Gasteiger partial charge is 0.396 e. The minimum absolute atomic E-state index is 0.0533. The van der Waals surface area contributed by atoms with Gasteiger partial charge >= 0.3 is 5.96 Å². The molecule has 6 fully saturated rings. The number of aliphatic hydroxyl groups excluding tert-OH is 5. The van der Waals surface area contributed by atoms with Crippen molar-refractivity contribution in [2.75, 3.05) is 47.0 Å². The molecule has 3 saturated carbocycles. The van der Waals surface area contributed by atoms with Gasteiger partial charge in [-0.25, -0.2) is 0 Å². The molecular weight excluding hydrogens is 766 g/mol. The number of hydrogen-bond acceptors (Lipinski definition) is 13. The number of hydrogen-bond donors (Lipinski definition) is 13. The van der Waals surface area contributed by atoms with Crippen molar-refractivity contribution in [3.05, 3.63) is 0 Å². The Morgan fingerprint density at radius 3 is 2.42 bits per heavy atom. The van der Waals surface area contributed by atoms with Crippen LogP contribution < -0.4 is 38.1 Å². The molecule has 0 aromatic carbocycles. The first-order valence-corrected chi connectivity index (χ1v) is 22.4. The van der Waals surface area contributed by atoms with E-state index in [1.165, 1.54) is 7.11 Å². The summed E-state index contributed by atoms with van der Waals surface area (Å²) in [7, 11) is 3.22. The van der Waals surface area contributed by atoms with Crippen LogP contribution in [0, 0.1) is 53.3 Å². The van der Waals surface area contributed by atoms with Gasteiger partial charge in [0.15, 0.2) is 6.29 Å². The van der Waals surface area contributed by atoms with Crippen LogP contribution in [0.15, 0.2) is 0 Å². The number of fused-ring (bicyclic) bond motifs is 2. The first-order chi connectivity index (χ1) is 28.2. The van der Waals surface area contributed by atoms with Crippen molar-refractivity contribution >= 4 is 17.5 Å². The van der Waals surface area contributed by atoms with E-state index < -0.39 is 84.7 Å². The second-order valence-corrected chi connectivity index (χ2v) is 18.8. The Kier molecular flexibility index (Phi) is 16.2. The van der Waals surface area contributed by atoms with Crippen LogP contribution in [-0.4, -0.2) is 156 Å². The standard InChI is InChI=1S/C41H73N7O11/c1-45-40(44)48-18-27-23(13-21(4-3-11-49)22-5-6-30(42)47-17-22)14-25-33(35(27)52)36(53)32-26(34(25)51)15-24(57-2)16-28(32)58-39-37(54)38(55)41(56,29(19-50)59-39)9-7-20-8-10-46-31(43)12-20/h20-33,35,37-39,46-47,49-50,52,54-56H,3-19,42-43H2,1-2H3,(H3,44,45,48)/p+3. The Morgan fingerprint density at radius 2 is 1.76 bits per heavy atom. The summed E-state index contributed by atoms with van der Waals surface area (Å²) in [5.74, 6) is -3.37. The highest BCUT2D eigenvalue weighted by molar-refractivity contribution is 6.00. The molecule has 19 atom stereocenters. The summed E-state index contributed by atoms with van der Waals surface area (Å²) in [5.41, 5.74) is 16.5. The third-order valence-electron chi connectivity index (χ3n) is 15.4. The van der Waals surface area contributed by atoms with E-state index in [0.29, 0.717) is 37.6 Å². The van der Waals surface area contributed by atoms with Crippen LogP contribution in [0.5, 0.6) is 0 Å². The van der Waals surface area contributed by atoms with Crippen molar-refractivity contribution in [1.29, 1.82) is 0 Å². The first-order valence-electron chi connectivity index (χ1n) is 22.4. The smallest absolute Gasteiger partial charge is 0.340 e. The number of ether oxygens (including phenoxy) is 3. The van der Waals surface area contributed by atoms with E-state index in [4.69, 9.17) is 31.4 Å². The van der Waals surface area contributed by atoms with E-state index in [9.17, 15) is 40.2 Å². The van der Waals surface area contributed by atoms with Gasteiger partial charge in [0.05, 0.1) is 63.4 Å². The third-order valence-corrected chi connectivity index (χ3v) is 15.4. The Morgan fingerprint density at radius 1 is 1.00 bits per heavy atom. The fourth-order valence-electron chi connectivity index (χ4n) is 12.0. The Balaban J connectivity index is 1.22. The van der Waals surface area contributed by atoms with Crippen molar-refractivity contribution in [3.8, 4) is 0 Å². The number of quaternary nitrogens is 2. The van der Waals surface area contributed by atoms with Crippen LogP contribution in [0.25, 0.3) is 0 Å². The summed E-state index contributed by atoms with van der Waals surface area (Å²) in [6, 6.07) is 0. The number of rotatable bonds is 15. The molecule has 6 rings (SSSR count). The summed E-state index contributed by atoms with van der Waals surface area (Å²) >= 11 is 0. The number of aliphatic hydroxyl groups is 6. The molecular formula is C41H76N7O11+3. The number of nitrogens with two attached hydrogens (primary N) is 5. The maximum atomic E-state index is 14.9. The molecule has 0 bridgehead atoms. The number of piperidine rings is 2. The van der Waals surface area contributed by atoms with Gasteiger partial charge in [0.1, 0.15) is 47.8 Å². The Hall–Kier alpha value is -1.91. The highest BCUT2D eigenvalue weighted by atomic mass is 16.7. The van der Waals surface area contributed by atoms with Gasteiger partial charge in [-0.15, -0.1) is 0 Å². The zero-order chi connectivity index (χ0) is 42.6. The van der Waals surface area contributed by atoms with Crippen molar-refractivity contribution < 1.29 is 70.1 Å². The van der Waals surface area contributed by atoms with E-state index in [1.807, 2.05) is 0 Å². The molecule has 3 heterocycles. The van der Waals surface area contributed by atoms with Crippen LogP contribution in [-0.2, 0) is 23.8 Å². The maximum absolute atomic E-state index is 14.9. The van der Waals surface area contributed by atoms with Gasteiger partial charge in [-0.2, -0.15) is 0 Å². The summed E-state index contributed by atoms with van der Waals surface area (Å²) in [6.07, 6.45) is -1.93. The number of carbonyl (C=O) groups excluding carboxylic acids is 2. The van der Waals surface area contributed by atoms with Crippen molar-refractivity contribution in [1.82, 2.24) is 5.32 Å². The second kappa shape index (κ2) is 20.5. The van der Waals surface area contributed by atoms with Crippen molar-refractivity contribution in [2.45, 2.75) is 138 Å². The van der Waals surface area contributed by atoms with E-state index in [-0.39, 0.29) is 74.1 Å². The molecule has 0 spiro atoms. The topological polar surface area (TPSA) is 320 Å². The molecule has 0 aromatic heterocycles. The molecule has 59 heavy (non-hydrogen) atoms. The van der Waals surface area contributed by atoms with Crippen LogP contribution in [0.4, 0.5) is 0 Å². The molecule has 3 aliphatic heterocycles. The summed E-state index contributed by atoms with van der Waals surface area (Å²) in [5, 5.41) is 74.6. The monoisotopic (exact) mass is 843 g/mol. The van der Waals surface area contributed by atoms with Crippen molar-refractivity contribution in [3.63, 3.8) is 0 Å². The Labute approximate surface area is 347 Å². The first kappa shape index (κ1) is 46.6. The molecule has 18 heteroatoms. The molecule has 3 aliphatic carbocycles. The fraction of sp³-hybridized carbons (Fsp3) is 0.927. The number of Topliss-reactive ketones (excluding diaryl/α,β-unsaturated/α-hetero) is 2. The van der Waals surface area contributed by atoms with Crippen LogP contribution in [0.1, 0.15) is 77.0 Å². The van der Waals surface area contributed by atoms with Gasteiger partial charge in [-0.05, 0) is 75.5 Å². The van der Waals surface area contributed by atoms with Gasteiger partial charge in [-0.3, -0.25) is 37.1 Å². The predicted molar refractivity (Wildman–Crippen MR) is 212 cm³/mol. The lowest BCUT2D eigenvalue weighted by Gasteiger charge is -2.53. The van der Waals surface area contributed by atoms with Gasteiger partial charge in [0.25, 0.3) is 0 Å². The third kappa shape index (κ3) is 10.2. The molecule has 6 aliphatic rings. The maximum Gasteiger partial charge on any atom is 0.340 e. The molecule has 18 N–H and O–H groups in total. The highest BCUT2D eigenvalue weighted by Gasteiger charge is 2.62. The zero-order valence-corrected chi connectivity index (χ0v) is 35.0. The number of carbonyl (C=O) groups is 2. The zero-order valence-electron chi connectivity index (χ0n) is 35.0. The lowest BCUT2D eigenvalue weighted by Crippen LogP contribution is -2.95. The molecule has 0 aromatic rings. The van der Waals surface area contributed by atoms with E-state index in [0.717, 1.165) is 45.2 Å². The fourth-order valence-corrected chi connectivity index (χ4v) is 12.0. The lowest BCUT2D eigenvalue weighted by atomic mass is 9.52. The minimum Gasteiger partial charge on any atom is -0.396 e. The van der Waals surface area contributed by atoms with Gasteiger partial charge in [0, 0.05) is 56.7 Å². The number of guanidine groups is 1. The average molecular weight is 843 g/mol. The lowest BCUT2D eigenvalue weighted by molar-refractivity contribution is -0.704. The van der Waals surface area contributed by atoms with Gasteiger partial charge in [0.2, 0.25) is 0 Å². The number of nitrogens with one attached hydrogen (secondary N) is 2. The van der Waals surface area contributed by atoms with E-state index >= 15 is 0 Å². The SMILES string of the molecule is C[NH+]=C(N)NCC1C(CC(CCCO)C2CCC(N)[NH2+]C2)CC2C(=O)C3CC(OC)CC(OC4OC(CO)C(O)(CCC5CC[NH2+]C(N)C5)C(O)C4O)C3C(=O)C2C1O. The van der Waals surface area contributed by atoms with E-state index in [1.54, 1.807) is 7.05 Å².